The second-order valence-electron chi connectivity index (χ2n) is 5.77. The summed E-state index contributed by atoms with van der Waals surface area (Å²) in [6.07, 6.45) is -3.21. The van der Waals surface area contributed by atoms with Crippen molar-refractivity contribution in [2.45, 2.75) is 30.1 Å². The molecule has 0 saturated carbocycles. The largest absolute Gasteiger partial charge is 0.394 e. The van der Waals surface area contributed by atoms with Gasteiger partial charge in [0.2, 0.25) is 0 Å². The van der Waals surface area contributed by atoms with Crippen LogP contribution in [0.3, 0.4) is 0 Å². The van der Waals surface area contributed by atoms with Crippen molar-refractivity contribution >= 4 is 10.1 Å². The zero-order valence-corrected chi connectivity index (χ0v) is 15.3. The van der Waals surface area contributed by atoms with Gasteiger partial charge >= 0.3 is 0 Å². The normalized spacial score (nSPS) is 15.6. The summed E-state index contributed by atoms with van der Waals surface area (Å²) in [5, 5.41) is 36.9. The van der Waals surface area contributed by atoms with Crippen LogP contribution in [-0.2, 0) is 23.8 Å². The highest BCUT2D eigenvalue weighted by Gasteiger charge is 2.18. The van der Waals surface area contributed by atoms with Crippen LogP contribution in [0.15, 0.2) is 29.2 Å². The molecule has 0 bridgehead atoms. The summed E-state index contributed by atoms with van der Waals surface area (Å²) in [4.78, 5) is -0.00569. The molecule has 3 unspecified atom stereocenters. The first kappa shape index (κ1) is 22.9. The smallest absolute Gasteiger partial charge is 0.297 e. The Labute approximate surface area is 152 Å². The van der Waals surface area contributed by atoms with Gasteiger partial charge in [-0.05, 0) is 19.1 Å². The first-order valence-electron chi connectivity index (χ1n) is 8.01. The summed E-state index contributed by atoms with van der Waals surface area (Å²) in [6.45, 7) is 0.269. The predicted molar refractivity (Wildman–Crippen MR) is 91.1 cm³/mol. The van der Waals surface area contributed by atoms with Gasteiger partial charge in [0.1, 0.15) is 18.3 Å². The highest BCUT2D eigenvalue weighted by atomic mass is 32.2. The lowest BCUT2D eigenvalue weighted by molar-refractivity contribution is -0.0614. The molecule has 26 heavy (non-hydrogen) atoms. The van der Waals surface area contributed by atoms with Crippen LogP contribution in [-0.4, -0.2) is 86.8 Å². The number of aliphatic hydroxyl groups is 4. The number of benzene rings is 1. The Morgan fingerprint density at radius 3 is 1.81 bits per heavy atom. The number of aliphatic hydroxyl groups excluding tert-OH is 4. The van der Waals surface area contributed by atoms with Crippen molar-refractivity contribution in [1.29, 1.82) is 0 Å². The molecule has 150 valence electrons. The van der Waals surface area contributed by atoms with Gasteiger partial charge in [0.25, 0.3) is 10.1 Å². The molecule has 0 saturated heterocycles. The second kappa shape index (κ2) is 11.6. The summed E-state index contributed by atoms with van der Waals surface area (Å²) in [5.74, 6) is 0. The van der Waals surface area contributed by atoms with Crippen LogP contribution in [0.1, 0.15) is 5.56 Å². The number of hydrogen-bond acceptors (Lipinski definition) is 9. The van der Waals surface area contributed by atoms with Crippen molar-refractivity contribution in [2.75, 3.05) is 39.6 Å². The zero-order valence-electron chi connectivity index (χ0n) is 14.5. The van der Waals surface area contributed by atoms with E-state index in [2.05, 4.69) is 0 Å². The molecule has 0 heterocycles. The van der Waals surface area contributed by atoms with E-state index in [4.69, 9.17) is 23.9 Å². The van der Waals surface area contributed by atoms with E-state index in [-0.39, 0.29) is 31.3 Å². The number of hydrogen-bond donors (Lipinski definition) is 4. The molecule has 1 rings (SSSR count). The molecule has 4 N–H and O–H groups in total. The Morgan fingerprint density at radius 2 is 1.31 bits per heavy atom. The van der Waals surface area contributed by atoms with Crippen LogP contribution in [0, 0.1) is 6.92 Å². The van der Waals surface area contributed by atoms with E-state index in [0.717, 1.165) is 5.56 Å². The molecule has 0 aliphatic heterocycles. The Hall–Kier alpha value is -1.11. The van der Waals surface area contributed by atoms with Gasteiger partial charge in [0.15, 0.2) is 0 Å². The van der Waals surface area contributed by atoms with E-state index in [9.17, 15) is 18.6 Å². The molecule has 0 aliphatic rings. The molecule has 0 aromatic heterocycles. The van der Waals surface area contributed by atoms with Crippen LogP contribution in [0.5, 0.6) is 0 Å². The van der Waals surface area contributed by atoms with Gasteiger partial charge in [-0.3, -0.25) is 4.18 Å². The van der Waals surface area contributed by atoms with E-state index in [1.807, 2.05) is 6.92 Å². The lowest BCUT2D eigenvalue weighted by Crippen LogP contribution is -2.29. The van der Waals surface area contributed by atoms with E-state index < -0.39 is 41.6 Å². The van der Waals surface area contributed by atoms with Gasteiger partial charge in [0.05, 0.1) is 44.5 Å². The van der Waals surface area contributed by atoms with Crippen molar-refractivity contribution in [1.82, 2.24) is 0 Å². The summed E-state index contributed by atoms with van der Waals surface area (Å²) in [5.41, 5.74) is 0.908. The number of rotatable bonds is 13. The third-order valence-corrected chi connectivity index (χ3v) is 4.47. The molecule has 1 aromatic rings. The van der Waals surface area contributed by atoms with E-state index in [0.29, 0.717) is 0 Å². The van der Waals surface area contributed by atoms with Gasteiger partial charge in [-0.15, -0.1) is 0 Å². The van der Waals surface area contributed by atoms with Gasteiger partial charge in [-0.25, -0.2) is 0 Å². The summed E-state index contributed by atoms with van der Waals surface area (Å²) >= 11 is 0. The summed E-state index contributed by atoms with van der Waals surface area (Å²) in [6, 6.07) is 6.10. The molecule has 0 radical (unpaired) electrons. The average Bonchev–Trinajstić information content (AvgIpc) is 2.60. The lowest BCUT2D eigenvalue weighted by atomic mass is 10.2. The standard InChI is InChI=1S/C16H26O9S/c1-12-2-4-16(5-3-12)26(21,22)25-11-15(20)10-24-9-14(19)8-23-7-13(18)6-17/h2-5,13-15,17-20H,6-11H2,1H3. The molecular formula is C16H26O9S. The highest BCUT2D eigenvalue weighted by molar-refractivity contribution is 7.86. The van der Waals surface area contributed by atoms with Crippen molar-refractivity contribution in [3.05, 3.63) is 29.8 Å². The predicted octanol–water partition coefficient (Wildman–Crippen LogP) is -1.19. The lowest BCUT2D eigenvalue weighted by Gasteiger charge is -2.15. The van der Waals surface area contributed by atoms with Crippen molar-refractivity contribution < 1.29 is 42.5 Å². The maximum absolute atomic E-state index is 12.0. The molecular weight excluding hydrogens is 368 g/mol. The maximum atomic E-state index is 12.0. The fourth-order valence-electron chi connectivity index (χ4n) is 1.77. The van der Waals surface area contributed by atoms with Crippen molar-refractivity contribution in [3.8, 4) is 0 Å². The number of aryl methyl sites for hydroxylation is 1. The highest BCUT2D eigenvalue weighted by Crippen LogP contribution is 2.13. The third-order valence-electron chi connectivity index (χ3n) is 3.18. The van der Waals surface area contributed by atoms with E-state index in [1.165, 1.54) is 12.1 Å². The average molecular weight is 394 g/mol. The van der Waals surface area contributed by atoms with Crippen LogP contribution in [0.25, 0.3) is 0 Å². The molecule has 0 amide bonds. The van der Waals surface area contributed by atoms with Crippen LogP contribution < -0.4 is 0 Å². The third kappa shape index (κ3) is 9.01. The van der Waals surface area contributed by atoms with Crippen LogP contribution in [0.4, 0.5) is 0 Å². The molecule has 0 fully saturated rings. The second-order valence-corrected chi connectivity index (χ2v) is 7.39. The van der Waals surface area contributed by atoms with E-state index in [1.54, 1.807) is 12.1 Å². The van der Waals surface area contributed by atoms with Crippen molar-refractivity contribution in [3.63, 3.8) is 0 Å². The minimum Gasteiger partial charge on any atom is -0.394 e. The van der Waals surface area contributed by atoms with E-state index >= 15 is 0 Å². The minimum atomic E-state index is -3.97. The summed E-state index contributed by atoms with van der Waals surface area (Å²) in [7, 11) is -3.97. The molecule has 1 aromatic carbocycles. The monoisotopic (exact) mass is 394 g/mol. The fraction of sp³-hybridized carbons (Fsp3) is 0.625. The fourth-order valence-corrected chi connectivity index (χ4v) is 2.71. The van der Waals surface area contributed by atoms with Gasteiger partial charge in [-0.1, -0.05) is 17.7 Å². The van der Waals surface area contributed by atoms with Crippen LogP contribution >= 0.6 is 0 Å². The molecule has 3 atom stereocenters. The SMILES string of the molecule is Cc1ccc(S(=O)(=O)OCC(O)COCC(O)COCC(O)CO)cc1. The molecule has 10 heteroatoms. The summed E-state index contributed by atoms with van der Waals surface area (Å²) < 4.78 is 38.7. The Morgan fingerprint density at radius 1 is 0.846 bits per heavy atom. The maximum Gasteiger partial charge on any atom is 0.297 e. The van der Waals surface area contributed by atoms with Gasteiger partial charge in [0, 0.05) is 0 Å². The molecule has 9 nitrogen and oxygen atoms in total. The number of ether oxygens (including phenoxy) is 2. The van der Waals surface area contributed by atoms with Gasteiger partial charge in [-0.2, -0.15) is 8.42 Å². The first-order valence-corrected chi connectivity index (χ1v) is 9.42. The zero-order chi connectivity index (χ0) is 19.6. The molecule has 0 aliphatic carbocycles. The minimum absolute atomic E-state index is 0.00569. The molecule has 0 spiro atoms. The van der Waals surface area contributed by atoms with Crippen molar-refractivity contribution in [2.24, 2.45) is 0 Å². The van der Waals surface area contributed by atoms with Gasteiger partial charge < -0.3 is 29.9 Å². The topological polar surface area (TPSA) is 143 Å². The Kier molecular flexibility index (Phi) is 10.2. The Bertz CT molecular complexity index is 603. The quantitative estimate of drug-likeness (QED) is 0.304. The Balaban J connectivity index is 2.23. The van der Waals surface area contributed by atoms with Crippen LogP contribution in [0.2, 0.25) is 0 Å². The first-order chi connectivity index (χ1) is 12.2.